The van der Waals surface area contributed by atoms with Crippen LogP contribution in [0.3, 0.4) is 0 Å². The first-order chi connectivity index (χ1) is 13.4. The number of hydrogen-bond donors (Lipinski definition) is 1. The first-order valence-corrected chi connectivity index (χ1v) is 9.81. The molecule has 0 atom stereocenters. The highest BCUT2D eigenvalue weighted by Gasteiger charge is 2.11. The van der Waals surface area contributed by atoms with E-state index in [4.69, 9.17) is 27.7 Å². The van der Waals surface area contributed by atoms with Gasteiger partial charge in [-0.2, -0.15) is 4.98 Å². The summed E-state index contributed by atoms with van der Waals surface area (Å²) in [5.41, 5.74) is 2.95. The molecule has 0 aliphatic rings. The summed E-state index contributed by atoms with van der Waals surface area (Å²) in [7, 11) is 0. The van der Waals surface area contributed by atoms with E-state index in [0.29, 0.717) is 40.6 Å². The van der Waals surface area contributed by atoms with Gasteiger partial charge in [0.05, 0.1) is 0 Å². The number of aryl methyl sites for hydroxylation is 1. The molecular weight excluding hydrogens is 397 g/mol. The van der Waals surface area contributed by atoms with E-state index in [1.54, 1.807) is 18.2 Å². The second-order valence-corrected chi connectivity index (χ2v) is 7.64. The Hall–Kier alpha value is -2.37. The Morgan fingerprint density at radius 3 is 2.57 bits per heavy atom. The largest absolute Gasteiger partial charge is 0.352 e. The maximum atomic E-state index is 12.1. The number of carbonyl (C=O) groups excluding carboxylic acids is 1. The van der Waals surface area contributed by atoms with Gasteiger partial charge in [0.15, 0.2) is 0 Å². The van der Waals surface area contributed by atoms with Gasteiger partial charge in [0, 0.05) is 35.0 Å². The van der Waals surface area contributed by atoms with Crippen LogP contribution in [0.4, 0.5) is 0 Å². The predicted octanol–water partition coefficient (Wildman–Crippen LogP) is 5.42. The third kappa shape index (κ3) is 5.33. The Balaban J connectivity index is 1.51. The second-order valence-electron chi connectivity index (χ2n) is 6.80. The molecule has 0 spiro atoms. The van der Waals surface area contributed by atoms with Crippen molar-refractivity contribution in [1.82, 2.24) is 15.5 Å². The molecule has 1 amide bonds. The molecule has 0 aliphatic heterocycles. The lowest BCUT2D eigenvalue weighted by atomic mass is 10.0. The van der Waals surface area contributed by atoms with Crippen LogP contribution in [0.1, 0.15) is 43.2 Å². The number of aromatic nitrogens is 2. The number of halogens is 2. The maximum absolute atomic E-state index is 12.1. The molecule has 0 saturated carbocycles. The summed E-state index contributed by atoms with van der Waals surface area (Å²) in [6.45, 7) is 4.63. The van der Waals surface area contributed by atoms with Crippen LogP contribution in [0.15, 0.2) is 47.0 Å². The molecule has 2 aromatic carbocycles. The number of benzene rings is 2. The zero-order chi connectivity index (χ0) is 20.1. The fraction of sp³-hybridized carbons (Fsp3) is 0.286. The van der Waals surface area contributed by atoms with Crippen molar-refractivity contribution in [2.75, 3.05) is 0 Å². The smallest absolute Gasteiger partial charge is 0.227 e. The number of hydrogen-bond acceptors (Lipinski definition) is 4. The number of nitrogens with one attached hydrogen (secondary N) is 1. The van der Waals surface area contributed by atoms with Gasteiger partial charge in [-0.15, -0.1) is 0 Å². The van der Waals surface area contributed by atoms with Gasteiger partial charge in [-0.3, -0.25) is 4.79 Å². The van der Waals surface area contributed by atoms with E-state index in [1.165, 1.54) is 5.56 Å². The summed E-state index contributed by atoms with van der Waals surface area (Å²) in [6, 6.07) is 13.3. The molecule has 146 valence electrons. The van der Waals surface area contributed by atoms with Crippen LogP contribution < -0.4 is 5.32 Å². The van der Waals surface area contributed by atoms with E-state index in [2.05, 4.69) is 41.4 Å². The molecule has 7 heteroatoms. The Labute approximate surface area is 174 Å². The zero-order valence-corrected chi connectivity index (χ0v) is 17.2. The molecule has 0 aliphatic carbocycles. The van der Waals surface area contributed by atoms with E-state index < -0.39 is 0 Å². The third-order valence-corrected chi connectivity index (χ3v) is 4.95. The molecule has 3 aromatic rings. The molecule has 28 heavy (non-hydrogen) atoms. The average Bonchev–Trinajstić information content (AvgIpc) is 3.15. The third-order valence-electron chi connectivity index (χ3n) is 4.36. The molecule has 1 N–H and O–H groups in total. The van der Waals surface area contributed by atoms with E-state index >= 15 is 0 Å². The average molecular weight is 418 g/mol. The highest BCUT2D eigenvalue weighted by molar-refractivity contribution is 6.35. The summed E-state index contributed by atoms with van der Waals surface area (Å²) < 4.78 is 5.27. The summed E-state index contributed by atoms with van der Waals surface area (Å²) >= 11 is 12.0. The summed E-state index contributed by atoms with van der Waals surface area (Å²) in [5, 5.41) is 7.92. The Morgan fingerprint density at radius 2 is 1.89 bits per heavy atom. The Morgan fingerprint density at radius 1 is 1.14 bits per heavy atom. The highest BCUT2D eigenvalue weighted by atomic mass is 35.5. The normalized spacial score (nSPS) is 11.0. The van der Waals surface area contributed by atoms with Crippen LogP contribution in [0.2, 0.25) is 10.0 Å². The zero-order valence-electron chi connectivity index (χ0n) is 15.7. The fourth-order valence-corrected chi connectivity index (χ4v) is 3.13. The van der Waals surface area contributed by atoms with Gasteiger partial charge in [-0.1, -0.05) is 72.5 Å². The van der Waals surface area contributed by atoms with Crippen molar-refractivity contribution in [3.05, 3.63) is 69.5 Å². The van der Waals surface area contributed by atoms with Gasteiger partial charge in [0.2, 0.25) is 17.6 Å². The van der Waals surface area contributed by atoms with E-state index in [-0.39, 0.29) is 12.3 Å². The van der Waals surface area contributed by atoms with Crippen LogP contribution in [0.5, 0.6) is 0 Å². The topological polar surface area (TPSA) is 68.0 Å². The lowest BCUT2D eigenvalue weighted by molar-refractivity contribution is -0.121. The van der Waals surface area contributed by atoms with Crippen molar-refractivity contribution in [3.63, 3.8) is 0 Å². The van der Waals surface area contributed by atoms with Crippen LogP contribution in [-0.4, -0.2) is 16.0 Å². The molecule has 0 fully saturated rings. The summed E-state index contributed by atoms with van der Waals surface area (Å²) in [5.74, 6) is 1.31. The van der Waals surface area contributed by atoms with Crippen molar-refractivity contribution in [1.29, 1.82) is 0 Å². The summed E-state index contributed by atoms with van der Waals surface area (Å²) in [6.07, 6.45) is 0.621. The SMILES string of the molecule is CC(C)c1ccc(-c2noc(CCC(=O)NCc3ccc(Cl)cc3Cl)n2)cc1. The minimum Gasteiger partial charge on any atom is -0.352 e. The van der Waals surface area contributed by atoms with Gasteiger partial charge < -0.3 is 9.84 Å². The molecule has 0 radical (unpaired) electrons. The van der Waals surface area contributed by atoms with Crippen molar-refractivity contribution in [3.8, 4) is 11.4 Å². The van der Waals surface area contributed by atoms with Gasteiger partial charge in [0.25, 0.3) is 0 Å². The minimum absolute atomic E-state index is 0.118. The highest BCUT2D eigenvalue weighted by Crippen LogP contribution is 2.22. The molecule has 5 nitrogen and oxygen atoms in total. The molecule has 1 aromatic heterocycles. The standard InChI is InChI=1S/C21H21Cl2N3O2/c1-13(2)14-3-5-15(6-4-14)21-25-20(28-26-21)10-9-19(27)24-12-16-7-8-17(22)11-18(16)23/h3-8,11,13H,9-10,12H2,1-2H3,(H,24,27). The van der Waals surface area contributed by atoms with Crippen molar-refractivity contribution >= 4 is 29.1 Å². The van der Waals surface area contributed by atoms with Crippen LogP contribution in [0.25, 0.3) is 11.4 Å². The number of carbonyl (C=O) groups is 1. The predicted molar refractivity (Wildman–Crippen MR) is 110 cm³/mol. The lowest BCUT2D eigenvalue weighted by Crippen LogP contribution is -2.23. The Kier molecular flexibility index (Phi) is 6.70. The quantitative estimate of drug-likeness (QED) is 0.557. The van der Waals surface area contributed by atoms with Gasteiger partial charge >= 0.3 is 0 Å². The molecule has 1 heterocycles. The molecule has 0 bridgehead atoms. The molecule has 0 saturated heterocycles. The second kappa shape index (κ2) is 9.22. The van der Waals surface area contributed by atoms with Crippen LogP contribution in [-0.2, 0) is 17.8 Å². The van der Waals surface area contributed by atoms with E-state index in [1.807, 2.05) is 12.1 Å². The van der Waals surface area contributed by atoms with Crippen LogP contribution >= 0.6 is 23.2 Å². The minimum atomic E-state index is -0.118. The maximum Gasteiger partial charge on any atom is 0.227 e. The summed E-state index contributed by atoms with van der Waals surface area (Å²) in [4.78, 5) is 16.5. The number of amides is 1. The van der Waals surface area contributed by atoms with Gasteiger partial charge in [-0.05, 0) is 29.2 Å². The lowest BCUT2D eigenvalue weighted by Gasteiger charge is -2.06. The van der Waals surface area contributed by atoms with Gasteiger partial charge in [-0.25, -0.2) is 0 Å². The molecule has 3 rings (SSSR count). The fourth-order valence-electron chi connectivity index (χ4n) is 2.66. The first-order valence-electron chi connectivity index (χ1n) is 9.06. The Bertz CT molecular complexity index is 953. The molecular formula is C21H21Cl2N3O2. The van der Waals surface area contributed by atoms with Crippen molar-refractivity contribution in [2.24, 2.45) is 0 Å². The number of rotatable bonds is 7. The number of nitrogens with zero attached hydrogens (tertiary/aromatic N) is 2. The monoisotopic (exact) mass is 417 g/mol. The van der Waals surface area contributed by atoms with E-state index in [9.17, 15) is 4.79 Å². The first kappa shape index (κ1) is 20.4. The van der Waals surface area contributed by atoms with Gasteiger partial charge in [0.1, 0.15) is 0 Å². The van der Waals surface area contributed by atoms with Crippen molar-refractivity contribution < 1.29 is 9.32 Å². The molecule has 0 unspecified atom stereocenters. The van der Waals surface area contributed by atoms with Crippen LogP contribution in [0, 0.1) is 0 Å². The van der Waals surface area contributed by atoms with E-state index in [0.717, 1.165) is 11.1 Å². The van der Waals surface area contributed by atoms with Crippen molar-refractivity contribution in [2.45, 2.75) is 39.2 Å².